The predicted molar refractivity (Wildman–Crippen MR) is 98.7 cm³/mol. The molecule has 0 amide bonds. The minimum absolute atomic E-state index is 0.0118. The standard InChI is InChI=1S/C19H21FN2O4S/c20-18-7-2-1-4-15(18)8-9-21-10-12-22(13-11-21)27(25,26)17-6-3-5-16(14-17)19(23)24/h1-7,14H,8-13H2,(H,23,24). The largest absolute Gasteiger partial charge is 0.478 e. The summed E-state index contributed by atoms with van der Waals surface area (Å²) in [6.45, 7) is 2.38. The van der Waals surface area contributed by atoms with Crippen LogP contribution in [-0.2, 0) is 16.4 Å². The molecule has 0 aliphatic carbocycles. The molecule has 0 bridgehead atoms. The summed E-state index contributed by atoms with van der Waals surface area (Å²) < 4.78 is 40.6. The zero-order chi connectivity index (χ0) is 19.4. The minimum Gasteiger partial charge on any atom is -0.478 e. The number of hydrogen-bond acceptors (Lipinski definition) is 4. The average molecular weight is 392 g/mol. The summed E-state index contributed by atoms with van der Waals surface area (Å²) in [7, 11) is -3.73. The molecule has 8 heteroatoms. The van der Waals surface area contributed by atoms with E-state index in [4.69, 9.17) is 5.11 Å². The molecule has 1 N–H and O–H groups in total. The van der Waals surface area contributed by atoms with Gasteiger partial charge in [-0.25, -0.2) is 17.6 Å². The summed E-state index contributed by atoms with van der Waals surface area (Å²) in [5.41, 5.74) is 0.595. The first-order chi connectivity index (χ1) is 12.9. The van der Waals surface area contributed by atoms with Gasteiger partial charge in [0.15, 0.2) is 0 Å². The highest BCUT2D eigenvalue weighted by Gasteiger charge is 2.28. The van der Waals surface area contributed by atoms with Gasteiger partial charge < -0.3 is 10.0 Å². The first kappa shape index (κ1) is 19.5. The van der Waals surface area contributed by atoms with Crippen LogP contribution in [0.4, 0.5) is 4.39 Å². The van der Waals surface area contributed by atoms with Gasteiger partial charge in [-0.05, 0) is 36.2 Å². The summed E-state index contributed by atoms with van der Waals surface area (Å²) in [4.78, 5) is 13.2. The Morgan fingerprint density at radius 2 is 1.74 bits per heavy atom. The van der Waals surface area contributed by atoms with Crippen molar-refractivity contribution in [2.45, 2.75) is 11.3 Å². The summed E-state index contributed by atoms with van der Waals surface area (Å²) >= 11 is 0. The number of piperazine rings is 1. The van der Waals surface area contributed by atoms with E-state index in [0.717, 1.165) is 0 Å². The van der Waals surface area contributed by atoms with Crippen molar-refractivity contribution in [2.24, 2.45) is 0 Å². The number of nitrogens with zero attached hydrogens (tertiary/aromatic N) is 2. The van der Waals surface area contributed by atoms with Crippen LogP contribution in [0.2, 0.25) is 0 Å². The fourth-order valence-electron chi connectivity index (χ4n) is 3.11. The second-order valence-corrected chi connectivity index (χ2v) is 8.36. The van der Waals surface area contributed by atoms with Crippen LogP contribution >= 0.6 is 0 Å². The SMILES string of the molecule is O=C(O)c1cccc(S(=O)(=O)N2CCN(CCc3ccccc3F)CC2)c1. The molecule has 0 atom stereocenters. The molecule has 144 valence electrons. The normalized spacial score (nSPS) is 16.3. The van der Waals surface area contributed by atoms with Crippen molar-refractivity contribution in [3.8, 4) is 0 Å². The monoisotopic (exact) mass is 392 g/mol. The summed E-state index contributed by atoms with van der Waals surface area (Å²) in [6, 6.07) is 12.0. The predicted octanol–water partition coefficient (Wildman–Crippen LogP) is 2.07. The van der Waals surface area contributed by atoms with Crippen LogP contribution in [0.15, 0.2) is 53.4 Å². The summed E-state index contributed by atoms with van der Waals surface area (Å²) in [5.74, 6) is -1.39. The molecule has 6 nitrogen and oxygen atoms in total. The molecule has 2 aromatic carbocycles. The van der Waals surface area contributed by atoms with E-state index in [2.05, 4.69) is 4.90 Å². The number of carboxylic acids is 1. The maximum Gasteiger partial charge on any atom is 0.335 e. The molecular formula is C19H21FN2O4S. The number of sulfonamides is 1. The van der Waals surface area contributed by atoms with Gasteiger partial charge in [-0.3, -0.25) is 0 Å². The van der Waals surface area contributed by atoms with Crippen molar-refractivity contribution in [3.05, 3.63) is 65.5 Å². The highest BCUT2D eigenvalue weighted by Crippen LogP contribution is 2.19. The van der Waals surface area contributed by atoms with Crippen molar-refractivity contribution in [1.82, 2.24) is 9.21 Å². The molecule has 2 aromatic rings. The van der Waals surface area contributed by atoms with Gasteiger partial charge in [0.05, 0.1) is 10.5 Å². The summed E-state index contributed by atoms with van der Waals surface area (Å²) in [5, 5.41) is 9.05. The van der Waals surface area contributed by atoms with Gasteiger partial charge in [-0.2, -0.15) is 4.31 Å². The molecule has 27 heavy (non-hydrogen) atoms. The van der Waals surface area contributed by atoms with Gasteiger partial charge >= 0.3 is 5.97 Å². The number of halogens is 1. The van der Waals surface area contributed by atoms with E-state index in [1.165, 1.54) is 34.6 Å². The van der Waals surface area contributed by atoms with Crippen LogP contribution in [0.1, 0.15) is 15.9 Å². The lowest BCUT2D eigenvalue weighted by molar-refractivity contribution is 0.0696. The lowest BCUT2D eigenvalue weighted by Gasteiger charge is -2.34. The van der Waals surface area contributed by atoms with Gasteiger partial charge in [-0.1, -0.05) is 24.3 Å². The first-order valence-electron chi connectivity index (χ1n) is 8.67. The zero-order valence-corrected chi connectivity index (χ0v) is 15.5. The Bertz CT molecular complexity index is 925. The number of benzene rings is 2. The third kappa shape index (κ3) is 4.52. The molecule has 1 aliphatic heterocycles. The third-order valence-corrected chi connectivity index (χ3v) is 6.60. The maximum absolute atomic E-state index is 13.7. The third-order valence-electron chi connectivity index (χ3n) is 4.71. The molecule has 0 radical (unpaired) electrons. The smallest absolute Gasteiger partial charge is 0.335 e. The second kappa shape index (κ2) is 8.16. The lowest BCUT2D eigenvalue weighted by atomic mass is 10.1. The Balaban J connectivity index is 1.60. The minimum atomic E-state index is -3.73. The molecule has 0 saturated carbocycles. The Kier molecular flexibility index (Phi) is 5.88. The number of rotatable bonds is 6. The fourth-order valence-corrected chi connectivity index (χ4v) is 4.58. The van der Waals surface area contributed by atoms with Gasteiger partial charge in [0.2, 0.25) is 10.0 Å². The van der Waals surface area contributed by atoms with E-state index in [9.17, 15) is 17.6 Å². The molecule has 3 rings (SSSR count). The van der Waals surface area contributed by atoms with Gasteiger partial charge in [0.25, 0.3) is 0 Å². The quantitative estimate of drug-likeness (QED) is 0.814. The molecule has 0 spiro atoms. The van der Waals surface area contributed by atoms with Crippen LogP contribution in [0, 0.1) is 5.82 Å². The Hall–Kier alpha value is -2.29. The van der Waals surface area contributed by atoms with E-state index in [1.807, 2.05) is 0 Å². The van der Waals surface area contributed by atoms with Crippen LogP contribution in [0.5, 0.6) is 0 Å². The van der Waals surface area contributed by atoms with Crippen molar-refractivity contribution < 1.29 is 22.7 Å². The van der Waals surface area contributed by atoms with E-state index in [1.54, 1.807) is 18.2 Å². The number of carboxylic acid groups (broad SMARTS) is 1. The van der Waals surface area contributed by atoms with Crippen molar-refractivity contribution in [1.29, 1.82) is 0 Å². The maximum atomic E-state index is 13.7. The van der Waals surface area contributed by atoms with Crippen molar-refractivity contribution in [2.75, 3.05) is 32.7 Å². The Morgan fingerprint density at radius 3 is 2.41 bits per heavy atom. The van der Waals surface area contributed by atoms with Crippen LogP contribution in [0.25, 0.3) is 0 Å². The zero-order valence-electron chi connectivity index (χ0n) is 14.7. The highest BCUT2D eigenvalue weighted by molar-refractivity contribution is 7.89. The van der Waals surface area contributed by atoms with Crippen molar-refractivity contribution in [3.63, 3.8) is 0 Å². The van der Waals surface area contributed by atoms with Crippen molar-refractivity contribution >= 4 is 16.0 Å². The van der Waals surface area contributed by atoms with Crippen LogP contribution in [0.3, 0.4) is 0 Å². The lowest BCUT2D eigenvalue weighted by Crippen LogP contribution is -2.49. The fraction of sp³-hybridized carbons (Fsp3) is 0.316. The first-order valence-corrected chi connectivity index (χ1v) is 10.1. The Labute approximate surface area is 157 Å². The molecule has 1 heterocycles. The Morgan fingerprint density at radius 1 is 1.04 bits per heavy atom. The molecule has 0 aromatic heterocycles. The highest BCUT2D eigenvalue weighted by atomic mass is 32.2. The van der Waals surface area contributed by atoms with E-state index in [0.29, 0.717) is 44.7 Å². The van der Waals surface area contributed by atoms with Crippen LogP contribution < -0.4 is 0 Å². The van der Waals surface area contributed by atoms with Gasteiger partial charge in [0.1, 0.15) is 5.82 Å². The molecule has 1 fully saturated rings. The van der Waals surface area contributed by atoms with E-state index >= 15 is 0 Å². The van der Waals surface area contributed by atoms with Gasteiger partial charge in [-0.15, -0.1) is 0 Å². The van der Waals surface area contributed by atoms with Crippen LogP contribution in [-0.4, -0.2) is 61.4 Å². The molecule has 1 saturated heterocycles. The second-order valence-electron chi connectivity index (χ2n) is 6.42. The topological polar surface area (TPSA) is 77.9 Å². The molecule has 0 unspecified atom stereocenters. The van der Waals surface area contributed by atoms with E-state index < -0.39 is 16.0 Å². The molecule has 1 aliphatic rings. The van der Waals surface area contributed by atoms with Gasteiger partial charge in [0, 0.05) is 32.7 Å². The number of aromatic carboxylic acids is 1. The number of hydrogen-bond donors (Lipinski definition) is 1. The van der Waals surface area contributed by atoms with E-state index in [-0.39, 0.29) is 16.3 Å². The summed E-state index contributed by atoms with van der Waals surface area (Å²) in [6.07, 6.45) is 0.570. The molecular weight excluding hydrogens is 371 g/mol. The number of carbonyl (C=O) groups is 1. The average Bonchev–Trinajstić information content (AvgIpc) is 2.68.